The zero-order chi connectivity index (χ0) is 19.1. The van der Waals surface area contributed by atoms with E-state index in [1.54, 1.807) is 0 Å². The lowest BCUT2D eigenvalue weighted by atomic mass is 9.76. The van der Waals surface area contributed by atoms with Crippen LogP contribution in [0.25, 0.3) is 0 Å². The van der Waals surface area contributed by atoms with Crippen LogP contribution in [0.3, 0.4) is 0 Å². The summed E-state index contributed by atoms with van der Waals surface area (Å²) < 4.78 is 5.93. The molecule has 0 radical (unpaired) electrons. The Bertz CT molecular complexity index is 733. The maximum Gasteiger partial charge on any atom is 0.119 e. The van der Waals surface area contributed by atoms with E-state index in [0.717, 1.165) is 17.9 Å². The average molecular weight is 362 g/mol. The van der Waals surface area contributed by atoms with Gasteiger partial charge in [-0.25, -0.2) is 0 Å². The Labute approximate surface area is 164 Å². The molecule has 2 aromatic rings. The number of nitrogens with zero attached hydrogens (tertiary/aromatic N) is 1. The van der Waals surface area contributed by atoms with Gasteiger partial charge in [-0.15, -0.1) is 0 Å². The molecular weight excluding hydrogens is 330 g/mol. The minimum absolute atomic E-state index is 0.618. The van der Waals surface area contributed by atoms with Crippen LogP contribution in [0.2, 0.25) is 0 Å². The van der Waals surface area contributed by atoms with E-state index < -0.39 is 0 Å². The van der Waals surface area contributed by atoms with Gasteiger partial charge in [0.05, 0.1) is 18.2 Å². The van der Waals surface area contributed by atoms with E-state index in [4.69, 9.17) is 10.00 Å². The Morgan fingerprint density at radius 2 is 1.44 bits per heavy atom. The van der Waals surface area contributed by atoms with Crippen molar-refractivity contribution in [3.05, 3.63) is 65.2 Å². The van der Waals surface area contributed by atoms with Gasteiger partial charge in [-0.1, -0.05) is 44.5 Å². The van der Waals surface area contributed by atoms with Crippen molar-refractivity contribution in [1.82, 2.24) is 0 Å². The van der Waals surface area contributed by atoms with Crippen LogP contribution >= 0.6 is 0 Å². The molecule has 0 saturated heterocycles. The molecule has 2 aromatic carbocycles. The van der Waals surface area contributed by atoms with Crippen LogP contribution in [0.4, 0.5) is 0 Å². The van der Waals surface area contributed by atoms with Crippen LogP contribution < -0.4 is 4.74 Å². The highest BCUT2D eigenvalue weighted by atomic mass is 16.5. The first-order chi connectivity index (χ1) is 13.2. The van der Waals surface area contributed by atoms with Gasteiger partial charge in [-0.2, -0.15) is 5.26 Å². The third-order valence-corrected chi connectivity index (χ3v) is 5.91. The van der Waals surface area contributed by atoms with E-state index in [1.807, 2.05) is 12.1 Å². The second kappa shape index (κ2) is 9.60. The van der Waals surface area contributed by atoms with E-state index in [9.17, 15) is 0 Å². The molecule has 142 valence electrons. The Kier molecular flexibility index (Phi) is 6.93. The van der Waals surface area contributed by atoms with E-state index in [1.165, 1.54) is 49.7 Å². The molecule has 1 fully saturated rings. The molecule has 1 aliphatic carbocycles. The zero-order valence-corrected chi connectivity index (χ0v) is 16.7. The summed E-state index contributed by atoms with van der Waals surface area (Å²) in [5.74, 6) is 2.91. The number of benzene rings is 2. The highest BCUT2D eigenvalue weighted by Gasteiger charge is 2.23. The van der Waals surface area contributed by atoms with Crippen LogP contribution in [0.15, 0.2) is 48.5 Å². The highest BCUT2D eigenvalue weighted by Crippen LogP contribution is 2.40. The van der Waals surface area contributed by atoms with Gasteiger partial charge in [0.1, 0.15) is 5.75 Å². The third-order valence-electron chi connectivity index (χ3n) is 5.91. The van der Waals surface area contributed by atoms with Gasteiger partial charge < -0.3 is 4.74 Å². The lowest BCUT2D eigenvalue weighted by molar-refractivity contribution is 0.251. The van der Waals surface area contributed by atoms with Crippen LogP contribution in [0.1, 0.15) is 80.9 Å². The monoisotopic (exact) mass is 361 g/mol. The molecule has 1 saturated carbocycles. The standard InChI is InChI=1S/C25H31NO/c1-3-4-19(2)18-27-25-15-13-24(14-16-25)23-11-9-22(10-12-23)21-7-5-20(17-26)6-8-21/h5-8,13-16,19,22-23H,3-4,9-12,18H2,1-2H3. The molecule has 0 aromatic heterocycles. The summed E-state index contributed by atoms with van der Waals surface area (Å²) in [5.41, 5.74) is 3.58. The van der Waals surface area contributed by atoms with E-state index in [0.29, 0.717) is 17.8 Å². The average Bonchev–Trinajstić information content (AvgIpc) is 2.73. The summed E-state index contributed by atoms with van der Waals surface area (Å²) in [4.78, 5) is 0. The van der Waals surface area contributed by atoms with Gasteiger partial charge in [-0.05, 0) is 85.3 Å². The molecule has 2 heteroatoms. The first kappa shape index (κ1) is 19.5. The highest BCUT2D eigenvalue weighted by molar-refractivity contribution is 5.34. The maximum absolute atomic E-state index is 8.94. The molecule has 27 heavy (non-hydrogen) atoms. The summed E-state index contributed by atoms with van der Waals surface area (Å²) >= 11 is 0. The molecule has 1 unspecified atom stereocenters. The predicted octanol–water partition coefficient (Wildman–Crippen LogP) is 6.81. The van der Waals surface area contributed by atoms with Crippen molar-refractivity contribution >= 4 is 0 Å². The van der Waals surface area contributed by atoms with Crippen LogP contribution in [-0.4, -0.2) is 6.61 Å². The van der Waals surface area contributed by atoms with Crippen molar-refractivity contribution < 1.29 is 4.74 Å². The van der Waals surface area contributed by atoms with Crippen molar-refractivity contribution in [2.24, 2.45) is 5.92 Å². The van der Waals surface area contributed by atoms with Crippen LogP contribution in [0.5, 0.6) is 5.75 Å². The minimum atomic E-state index is 0.618. The summed E-state index contributed by atoms with van der Waals surface area (Å²) in [6, 6.07) is 19.2. The summed E-state index contributed by atoms with van der Waals surface area (Å²) in [5, 5.41) is 8.94. The topological polar surface area (TPSA) is 33.0 Å². The van der Waals surface area contributed by atoms with Crippen molar-refractivity contribution in [3.63, 3.8) is 0 Å². The molecule has 3 rings (SSSR count). The van der Waals surface area contributed by atoms with Crippen LogP contribution in [-0.2, 0) is 0 Å². The van der Waals surface area contributed by atoms with E-state index in [2.05, 4.69) is 56.3 Å². The van der Waals surface area contributed by atoms with E-state index >= 15 is 0 Å². The van der Waals surface area contributed by atoms with Gasteiger partial charge in [0, 0.05) is 0 Å². The molecule has 1 atom stereocenters. The second-order valence-electron chi connectivity index (χ2n) is 8.06. The van der Waals surface area contributed by atoms with Gasteiger partial charge >= 0.3 is 0 Å². The summed E-state index contributed by atoms with van der Waals surface area (Å²) in [7, 11) is 0. The Hall–Kier alpha value is -2.27. The number of hydrogen-bond acceptors (Lipinski definition) is 2. The lowest BCUT2D eigenvalue weighted by Gasteiger charge is -2.29. The summed E-state index contributed by atoms with van der Waals surface area (Å²) in [6.07, 6.45) is 7.36. The minimum Gasteiger partial charge on any atom is -0.493 e. The largest absolute Gasteiger partial charge is 0.493 e. The second-order valence-corrected chi connectivity index (χ2v) is 8.06. The molecule has 1 aliphatic rings. The van der Waals surface area contributed by atoms with Crippen molar-refractivity contribution in [1.29, 1.82) is 5.26 Å². The van der Waals surface area contributed by atoms with Crippen molar-refractivity contribution in [2.45, 2.75) is 64.2 Å². The predicted molar refractivity (Wildman–Crippen MR) is 111 cm³/mol. The quantitative estimate of drug-likeness (QED) is 0.542. The van der Waals surface area contributed by atoms with E-state index in [-0.39, 0.29) is 0 Å². The first-order valence-corrected chi connectivity index (χ1v) is 10.4. The number of hydrogen-bond donors (Lipinski definition) is 0. The molecule has 0 spiro atoms. The van der Waals surface area contributed by atoms with Gasteiger partial charge in [0.15, 0.2) is 0 Å². The Morgan fingerprint density at radius 1 is 0.926 bits per heavy atom. The fourth-order valence-corrected chi connectivity index (χ4v) is 4.24. The molecule has 0 heterocycles. The van der Waals surface area contributed by atoms with Crippen molar-refractivity contribution in [2.75, 3.05) is 6.61 Å². The molecule has 2 nitrogen and oxygen atoms in total. The Balaban J connectivity index is 1.51. The lowest BCUT2D eigenvalue weighted by Crippen LogP contribution is -2.12. The van der Waals surface area contributed by atoms with Crippen molar-refractivity contribution in [3.8, 4) is 11.8 Å². The fraction of sp³-hybridized carbons (Fsp3) is 0.480. The number of nitriles is 1. The van der Waals surface area contributed by atoms with Gasteiger partial charge in [0.2, 0.25) is 0 Å². The zero-order valence-electron chi connectivity index (χ0n) is 16.7. The Morgan fingerprint density at radius 3 is 1.93 bits per heavy atom. The SMILES string of the molecule is CCCC(C)COc1ccc(C2CCC(c3ccc(C#N)cc3)CC2)cc1. The molecule has 0 bridgehead atoms. The first-order valence-electron chi connectivity index (χ1n) is 10.4. The third kappa shape index (κ3) is 5.36. The molecule has 0 amide bonds. The smallest absolute Gasteiger partial charge is 0.119 e. The van der Waals surface area contributed by atoms with Crippen LogP contribution in [0, 0.1) is 17.2 Å². The maximum atomic E-state index is 8.94. The molecule has 0 aliphatic heterocycles. The molecular formula is C25H31NO. The van der Waals surface area contributed by atoms with Gasteiger partial charge in [0.25, 0.3) is 0 Å². The normalized spacial score (nSPS) is 20.6. The molecule has 0 N–H and O–H groups in total. The summed E-state index contributed by atoms with van der Waals surface area (Å²) in [6.45, 7) is 5.29. The fourth-order valence-electron chi connectivity index (χ4n) is 4.24. The number of rotatable bonds is 7. The number of ether oxygens (including phenoxy) is 1. The van der Waals surface area contributed by atoms with Gasteiger partial charge in [-0.3, -0.25) is 0 Å².